The van der Waals surface area contributed by atoms with Crippen LogP contribution in [0.4, 0.5) is 0 Å². The highest BCUT2D eigenvalue weighted by Crippen LogP contribution is 2.19. The first-order chi connectivity index (χ1) is 7.38. The van der Waals surface area contributed by atoms with Gasteiger partial charge < -0.3 is 5.32 Å². The molecule has 3 nitrogen and oxygen atoms in total. The summed E-state index contributed by atoms with van der Waals surface area (Å²) in [6, 6.07) is 0.782. The summed E-state index contributed by atoms with van der Waals surface area (Å²) < 4.78 is 2.06. The molecule has 0 aromatic carbocycles. The number of hydrogen-bond acceptors (Lipinski definition) is 3. The molecule has 0 saturated heterocycles. The second-order valence-corrected chi connectivity index (χ2v) is 5.10. The Morgan fingerprint density at radius 2 is 2.47 bits per heavy atom. The van der Waals surface area contributed by atoms with Crippen LogP contribution < -0.4 is 5.32 Å². The fraction of sp³-hybridized carbons (Fsp3) is 0.727. The van der Waals surface area contributed by atoms with Crippen molar-refractivity contribution in [2.75, 3.05) is 12.0 Å². The van der Waals surface area contributed by atoms with Crippen LogP contribution in [0, 0.1) is 0 Å². The van der Waals surface area contributed by atoms with Crippen LogP contribution >= 0.6 is 11.8 Å². The molecule has 2 rings (SSSR count). The Kier molecular flexibility index (Phi) is 4.09. The first-order valence-corrected chi connectivity index (χ1v) is 7.01. The smallest absolute Gasteiger partial charge is 0.0534 e. The van der Waals surface area contributed by atoms with Gasteiger partial charge in [-0.15, -0.1) is 0 Å². The third-order valence-corrected chi connectivity index (χ3v) is 3.29. The van der Waals surface area contributed by atoms with Crippen LogP contribution in [0.2, 0.25) is 0 Å². The second kappa shape index (κ2) is 5.56. The lowest BCUT2D eigenvalue weighted by Crippen LogP contribution is -2.14. The van der Waals surface area contributed by atoms with Crippen LogP contribution in [0.1, 0.15) is 24.8 Å². The molecular formula is C11H19N3S. The van der Waals surface area contributed by atoms with Gasteiger partial charge in [-0.25, -0.2) is 0 Å². The van der Waals surface area contributed by atoms with Gasteiger partial charge in [0.05, 0.1) is 6.20 Å². The van der Waals surface area contributed by atoms with Crippen LogP contribution in [-0.2, 0) is 13.1 Å². The average Bonchev–Trinajstić information content (AvgIpc) is 2.97. The molecule has 15 heavy (non-hydrogen) atoms. The maximum absolute atomic E-state index is 4.35. The number of nitrogens with one attached hydrogen (secondary N) is 1. The van der Waals surface area contributed by atoms with Crippen molar-refractivity contribution >= 4 is 11.8 Å². The molecule has 0 aliphatic heterocycles. The van der Waals surface area contributed by atoms with Crippen molar-refractivity contribution in [3.05, 3.63) is 18.0 Å². The molecule has 1 fully saturated rings. The second-order valence-electron chi connectivity index (χ2n) is 4.11. The number of nitrogens with zero attached hydrogens (tertiary/aromatic N) is 2. The molecule has 1 aliphatic carbocycles. The highest BCUT2D eigenvalue weighted by molar-refractivity contribution is 7.98. The molecule has 84 valence electrons. The number of aromatic nitrogens is 2. The minimum absolute atomic E-state index is 0.782. The van der Waals surface area contributed by atoms with Gasteiger partial charge in [-0.05, 0) is 31.3 Å². The van der Waals surface area contributed by atoms with Crippen molar-refractivity contribution < 1.29 is 0 Å². The standard InChI is InChI=1S/C11H19N3S/c1-15-6-2-5-14-9-10(8-13-14)7-12-11-3-4-11/h8-9,11-12H,2-7H2,1H3. The predicted octanol–water partition coefficient (Wildman–Crippen LogP) is 1.89. The molecule has 4 heteroatoms. The fourth-order valence-electron chi connectivity index (χ4n) is 1.54. The summed E-state index contributed by atoms with van der Waals surface area (Å²) in [5.74, 6) is 1.22. The number of hydrogen-bond donors (Lipinski definition) is 1. The van der Waals surface area contributed by atoms with E-state index in [1.54, 1.807) is 0 Å². The lowest BCUT2D eigenvalue weighted by Gasteiger charge is -2.00. The molecule has 0 atom stereocenters. The largest absolute Gasteiger partial charge is 0.310 e. The van der Waals surface area contributed by atoms with Gasteiger partial charge >= 0.3 is 0 Å². The number of rotatable bonds is 7. The summed E-state index contributed by atoms with van der Waals surface area (Å²) in [6.07, 6.45) is 10.2. The van der Waals surface area contributed by atoms with Crippen LogP contribution in [-0.4, -0.2) is 27.8 Å². The zero-order valence-electron chi connectivity index (χ0n) is 9.28. The maximum Gasteiger partial charge on any atom is 0.0534 e. The van der Waals surface area contributed by atoms with Crippen LogP contribution in [0.5, 0.6) is 0 Å². The van der Waals surface area contributed by atoms with Crippen LogP contribution in [0.25, 0.3) is 0 Å². The molecule has 1 aromatic rings. The van der Waals surface area contributed by atoms with Crippen molar-refractivity contribution in [3.63, 3.8) is 0 Å². The van der Waals surface area contributed by atoms with Crippen molar-refractivity contribution in [1.29, 1.82) is 0 Å². The molecule has 0 spiro atoms. The summed E-state index contributed by atoms with van der Waals surface area (Å²) in [7, 11) is 0. The van der Waals surface area contributed by atoms with E-state index < -0.39 is 0 Å². The highest BCUT2D eigenvalue weighted by Gasteiger charge is 2.19. The van der Waals surface area contributed by atoms with Gasteiger partial charge in [-0.1, -0.05) is 0 Å². The molecule has 0 bridgehead atoms. The van der Waals surface area contributed by atoms with E-state index in [4.69, 9.17) is 0 Å². The van der Waals surface area contributed by atoms with Crippen molar-refractivity contribution in [1.82, 2.24) is 15.1 Å². The molecular weight excluding hydrogens is 206 g/mol. The third-order valence-electron chi connectivity index (χ3n) is 2.59. The van der Waals surface area contributed by atoms with E-state index in [-0.39, 0.29) is 0 Å². The zero-order chi connectivity index (χ0) is 10.5. The fourth-order valence-corrected chi connectivity index (χ4v) is 1.96. The van der Waals surface area contributed by atoms with Gasteiger partial charge in [0.15, 0.2) is 0 Å². The van der Waals surface area contributed by atoms with Crippen LogP contribution in [0.15, 0.2) is 12.4 Å². The molecule has 1 saturated carbocycles. The van der Waals surface area contributed by atoms with Crippen molar-refractivity contribution in [2.24, 2.45) is 0 Å². The molecule has 1 aromatic heterocycles. The van der Waals surface area contributed by atoms with Crippen molar-refractivity contribution in [2.45, 2.75) is 38.4 Å². The van der Waals surface area contributed by atoms with E-state index in [9.17, 15) is 0 Å². The quantitative estimate of drug-likeness (QED) is 0.719. The van der Waals surface area contributed by atoms with Gasteiger partial charge in [0, 0.05) is 30.9 Å². The Labute approximate surface area is 95.6 Å². The Morgan fingerprint density at radius 1 is 1.60 bits per heavy atom. The highest BCUT2D eigenvalue weighted by atomic mass is 32.2. The molecule has 1 N–H and O–H groups in total. The Balaban J connectivity index is 1.70. The molecule has 0 amide bonds. The minimum Gasteiger partial charge on any atom is -0.310 e. The topological polar surface area (TPSA) is 29.9 Å². The van der Waals surface area contributed by atoms with E-state index in [1.165, 1.54) is 30.6 Å². The van der Waals surface area contributed by atoms with Gasteiger partial charge in [0.2, 0.25) is 0 Å². The SMILES string of the molecule is CSCCCn1cc(CNC2CC2)cn1. The summed E-state index contributed by atoms with van der Waals surface area (Å²) in [5.41, 5.74) is 1.31. The van der Waals surface area contributed by atoms with E-state index >= 15 is 0 Å². The van der Waals surface area contributed by atoms with Gasteiger partial charge in [0.25, 0.3) is 0 Å². The van der Waals surface area contributed by atoms with Gasteiger partial charge in [-0.2, -0.15) is 16.9 Å². The number of aryl methyl sites for hydroxylation is 1. The lowest BCUT2D eigenvalue weighted by atomic mass is 10.3. The van der Waals surface area contributed by atoms with E-state index in [2.05, 4.69) is 27.5 Å². The lowest BCUT2D eigenvalue weighted by molar-refractivity contribution is 0.604. The average molecular weight is 225 g/mol. The summed E-state index contributed by atoms with van der Waals surface area (Å²) in [6.45, 7) is 2.03. The first-order valence-electron chi connectivity index (χ1n) is 5.62. The Morgan fingerprint density at radius 3 is 3.20 bits per heavy atom. The monoisotopic (exact) mass is 225 g/mol. The third kappa shape index (κ3) is 3.87. The van der Waals surface area contributed by atoms with Gasteiger partial charge in [0.1, 0.15) is 0 Å². The van der Waals surface area contributed by atoms with Crippen molar-refractivity contribution in [3.8, 4) is 0 Å². The molecule has 1 heterocycles. The summed E-state index contributed by atoms with van der Waals surface area (Å²) in [4.78, 5) is 0. The first kappa shape index (κ1) is 11.0. The summed E-state index contributed by atoms with van der Waals surface area (Å²) in [5, 5.41) is 7.85. The molecule has 0 radical (unpaired) electrons. The van der Waals surface area contributed by atoms with Gasteiger partial charge in [-0.3, -0.25) is 4.68 Å². The Hall–Kier alpha value is -0.480. The minimum atomic E-state index is 0.782. The molecule has 0 unspecified atom stereocenters. The van der Waals surface area contributed by atoms with E-state index in [1.807, 2.05) is 18.0 Å². The van der Waals surface area contributed by atoms with Crippen LogP contribution in [0.3, 0.4) is 0 Å². The zero-order valence-corrected chi connectivity index (χ0v) is 10.1. The van der Waals surface area contributed by atoms with E-state index in [0.29, 0.717) is 0 Å². The Bertz CT molecular complexity index is 294. The molecule has 1 aliphatic rings. The summed E-state index contributed by atoms with van der Waals surface area (Å²) >= 11 is 1.90. The maximum atomic E-state index is 4.35. The predicted molar refractivity (Wildman–Crippen MR) is 65.1 cm³/mol. The number of thioether (sulfide) groups is 1. The van der Waals surface area contributed by atoms with E-state index in [0.717, 1.165) is 19.1 Å². The normalized spacial score (nSPS) is 15.8.